The maximum absolute atomic E-state index is 5.12. The predicted molar refractivity (Wildman–Crippen MR) is 44.2 cm³/mol. The molecule has 1 atom stereocenters. The van der Waals surface area contributed by atoms with E-state index in [0.717, 1.165) is 12.2 Å². The molecule has 0 saturated carbocycles. The van der Waals surface area contributed by atoms with Crippen molar-refractivity contribution in [3.05, 3.63) is 37.1 Å². The molecule has 0 bridgehead atoms. The first-order valence-corrected chi connectivity index (χ1v) is 3.54. The van der Waals surface area contributed by atoms with Crippen LogP contribution in [0.3, 0.4) is 0 Å². The van der Waals surface area contributed by atoms with Gasteiger partial charge < -0.3 is 9.47 Å². The first-order valence-electron chi connectivity index (χ1n) is 3.54. The van der Waals surface area contributed by atoms with Crippen LogP contribution in [0.5, 0.6) is 0 Å². The standard InChI is InChI=1S/C9H12O2/c1-3-8(2)4-5-10-6-9-7-11-9/h3-5,9H,1-2,6-7H2. The van der Waals surface area contributed by atoms with Gasteiger partial charge in [0, 0.05) is 0 Å². The lowest BCUT2D eigenvalue weighted by atomic mass is 10.3. The number of hydrogen-bond donors (Lipinski definition) is 0. The zero-order valence-corrected chi connectivity index (χ0v) is 6.45. The summed E-state index contributed by atoms with van der Waals surface area (Å²) in [6.45, 7) is 8.71. The topological polar surface area (TPSA) is 21.8 Å². The Kier molecular flexibility index (Phi) is 2.93. The number of allylic oxidation sites excluding steroid dienone is 3. The van der Waals surface area contributed by atoms with E-state index in [2.05, 4.69) is 13.2 Å². The fourth-order valence-electron chi connectivity index (χ4n) is 0.531. The summed E-state index contributed by atoms with van der Waals surface area (Å²) in [4.78, 5) is 0. The zero-order chi connectivity index (χ0) is 8.10. The van der Waals surface area contributed by atoms with Gasteiger partial charge in [0.1, 0.15) is 12.7 Å². The van der Waals surface area contributed by atoms with Crippen molar-refractivity contribution >= 4 is 0 Å². The molecule has 0 aliphatic carbocycles. The van der Waals surface area contributed by atoms with Crippen molar-refractivity contribution in [2.75, 3.05) is 13.2 Å². The quantitative estimate of drug-likeness (QED) is 0.339. The minimum absolute atomic E-state index is 0.316. The molecule has 2 nitrogen and oxygen atoms in total. The fraction of sp³-hybridized carbons (Fsp3) is 0.333. The number of ether oxygens (including phenoxy) is 2. The molecule has 0 N–H and O–H groups in total. The summed E-state index contributed by atoms with van der Waals surface area (Å²) in [6, 6.07) is 0. The van der Waals surface area contributed by atoms with Crippen molar-refractivity contribution in [3.8, 4) is 0 Å². The molecule has 11 heavy (non-hydrogen) atoms. The number of rotatable bonds is 5. The van der Waals surface area contributed by atoms with Crippen LogP contribution in [0.15, 0.2) is 37.1 Å². The monoisotopic (exact) mass is 152 g/mol. The van der Waals surface area contributed by atoms with E-state index >= 15 is 0 Å². The minimum Gasteiger partial charge on any atom is -0.498 e. The first-order chi connectivity index (χ1) is 5.33. The van der Waals surface area contributed by atoms with Crippen molar-refractivity contribution in [2.45, 2.75) is 6.10 Å². The maximum atomic E-state index is 5.12. The molecule has 2 heteroatoms. The number of hydrogen-bond acceptors (Lipinski definition) is 2. The molecule has 1 unspecified atom stereocenters. The zero-order valence-electron chi connectivity index (χ0n) is 6.45. The van der Waals surface area contributed by atoms with Gasteiger partial charge in [-0.2, -0.15) is 0 Å². The molecule has 1 aliphatic rings. The van der Waals surface area contributed by atoms with Gasteiger partial charge in [0.25, 0.3) is 0 Å². The van der Waals surface area contributed by atoms with Gasteiger partial charge in [-0.05, 0) is 11.6 Å². The third-order valence-corrected chi connectivity index (χ3v) is 1.33. The second-order valence-corrected chi connectivity index (χ2v) is 2.37. The Morgan fingerprint density at radius 3 is 3.00 bits per heavy atom. The predicted octanol–water partition coefficient (Wildman–Crippen LogP) is 1.66. The lowest BCUT2D eigenvalue weighted by Gasteiger charge is -1.94. The number of epoxide rings is 1. The molecule has 1 heterocycles. The minimum atomic E-state index is 0.316. The summed E-state index contributed by atoms with van der Waals surface area (Å²) in [5, 5.41) is 0. The average molecular weight is 152 g/mol. The molecule has 1 aliphatic heterocycles. The lowest BCUT2D eigenvalue weighted by Crippen LogP contribution is -1.95. The third-order valence-electron chi connectivity index (χ3n) is 1.33. The van der Waals surface area contributed by atoms with Crippen LogP contribution in [0.4, 0.5) is 0 Å². The Hall–Kier alpha value is -1.02. The summed E-state index contributed by atoms with van der Waals surface area (Å²) in [6.07, 6.45) is 5.38. The Balaban J connectivity index is 2.03. The van der Waals surface area contributed by atoms with E-state index in [-0.39, 0.29) is 0 Å². The van der Waals surface area contributed by atoms with Crippen molar-refractivity contribution < 1.29 is 9.47 Å². The van der Waals surface area contributed by atoms with E-state index in [0.29, 0.717) is 12.7 Å². The normalized spacial score (nSPS) is 21.6. The van der Waals surface area contributed by atoms with Crippen LogP contribution >= 0.6 is 0 Å². The van der Waals surface area contributed by atoms with Gasteiger partial charge in [-0.15, -0.1) is 0 Å². The van der Waals surface area contributed by atoms with Crippen LogP contribution in [-0.4, -0.2) is 19.3 Å². The van der Waals surface area contributed by atoms with Crippen LogP contribution in [-0.2, 0) is 9.47 Å². The smallest absolute Gasteiger partial charge is 0.116 e. The second-order valence-electron chi connectivity index (χ2n) is 2.37. The van der Waals surface area contributed by atoms with Crippen LogP contribution in [0.25, 0.3) is 0 Å². The van der Waals surface area contributed by atoms with Crippen LogP contribution in [0, 0.1) is 0 Å². The lowest BCUT2D eigenvalue weighted by molar-refractivity contribution is 0.212. The fourth-order valence-corrected chi connectivity index (χ4v) is 0.531. The molecular weight excluding hydrogens is 140 g/mol. The SMILES string of the molecule is C=CC(=C)C=COCC1CO1. The molecule has 1 rings (SSSR count). The molecule has 0 radical (unpaired) electrons. The van der Waals surface area contributed by atoms with Gasteiger partial charge in [-0.1, -0.05) is 19.2 Å². The molecule has 1 saturated heterocycles. The summed E-state index contributed by atoms with van der Waals surface area (Å²) < 4.78 is 10.1. The Labute approximate surface area is 66.8 Å². The average Bonchev–Trinajstić information content (AvgIpc) is 2.81. The highest BCUT2D eigenvalue weighted by molar-refractivity contribution is 5.24. The largest absolute Gasteiger partial charge is 0.498 e. The maximum Gasteiger partial charge on any atom is 0.116 e. The molecule has 1 fully saturated rings. The van der Waals surface area contributed by atoms with Gasteiger partial charge in [0.05, 0.1) is 12.9 Å². The van der Waals surface area contributed by atoms with Gasteiger partial charge in [-0.25, -0.2) is 0 Å². The van der Waals surface area contributed by atoms with Crippen LogP contribution in [0.2, 0.25) is 0 Å². The summed E-state index contributed by atoms with van der Waals surface area (Å²) in [5.74, 6) is 0. The van der Waals surface area contributed by atoms with Crippen molar-refractivity contribution in [2.24, 2.45) is 0 Å². The highest BCUT2D eigenvalue weighted by Crippen LogP contribution is 2.08. The second kappa shape index (κ2) is 3.98. The summed E-state index contributed by atoms with van der Waals surface area (Å²) in [7, 11) is 0. The third kappa shape index (κ3) is 3.63. The van der Waals surface area contributed by atoms with E-state index in [9.17, 15) is 0 Å². The van der Waals surface area contributed by atoms with E-state index < -0.39 is 0 Å². The highest BCUT2D eigenvalue weighted by Gasteiger charge is 2.22. The van der Waals surface area contributed by atoms with Gasteiger partial charge in [0.15, 0.2) is 0 Å². The van der Waals surface area contributed by atoms with Gasteiger partial charge in [0.2, 0.25) is 0 Å². The van der Waals surface area contributed by atoms with Crippen molar-refractivity contribution in [1.29, 1.82) is 0 Å². The molecule has 0 aromatic heterocycles. The molecule has 0 amide bonds. The first kappa shape index (κ1) is 8.08. The Bertz CT molecular complexity index is 178. The van der Waals surface area contributed by atoms with Crippen LogP contribution in [0.1, 0.15) is 0 Å². The van der Waals surface area contributed by atoms with E-state index in [4.69, 9.17) is 9.47 Å². The molecule has 0 spiro atoms. The van der Waals surface area contributed by atoms with Crippen molar-refractivity contribution in [3.63, 3.8) is 0 Å². The van der Waals surface area contributed by atoms with E-state index in [1.54, 1.807) is 18.4 Å². The van der Waals surface area contributed by atoms with Crippen LogP contribution < -0.4 is 0 Å². The molecule has 0 aromatic carbocycles. The summed E-state index contributed by atoms with van der Waals surface area (Å²) >= 11 is 0. The van der Waals surface area contributed by atoms with Crippen molar-refractivity contribution in [1.82, 2.24) is 0 Å². The summed E-state index contributed by atoms with van der Waals surface area (Å²) in [5.41, 5.74) is 0.849. The Morgan fingerprint density at radius 1 is 1.73 bits per heavy atom. The van der Waals surface area contributed by atoms with E-state index in [1.165, 1.54) is 0 Å². The highest BCUT2D eigenvalue weighted by atomic mass is 16.6. The van der Waals surface area contributed by atoms with Gasteiger partial charge in [-0.3, -0.25) is 0 Å². The molecular formula is C9H12O2. The van der Waals surface area contributed by atoms with Gasteiger partial charge >= 0.3 is 0 Å². The molecule has 0 aromatic rings. The van der Waals surface area contributed by atoms with E-state index in [1.807, 2.05) is 0 Å². The Morgan fingerprint density at radius 2 is 2.45 bits per heavy atom. The molecule has 60 valence electrons.